The van der Waals surface area contributed by atoms with Crippen molar-refractivity contribution in [1.29, 1.82) is 0 Å². The lowest BCUT2D eigenvalue weighted by molar-refractivity contribution is -0.119. The highest BCUT2D eigenvalue weighted by molar-refractivity contribution is 5.94. The Morgan fingerprint density at radius 2 is 2.06 bits per heavy atom. The minimum absolute atomic E-state index is 0.0474. The highest BCUT2D eigenvalue weighted by Crippen LogP contribution is 2.07. The lowest BCUT2D eigenvalue weighted by atomic mass is 10.0. The van der Waals surface area contributed by atoms with Gasteiger partial charge in [0.25, 0.3) is 0 Å². The summed E-state index contributed by atoms with van der Waals surface area (Å²) in [5.74, 6) is 0.792. The molecule has 0 radical (unpaired) electrons. The summed E-state index contributed by atoms with van der Waals surface area (Å²) in [7, 11) is 1.78. The first-order valence-corrected chi connectivity index (χ1v) is 5.45. The fraction of sp³-hybridized carbons (Fsp3) is 0.500. The van der Waals surface area contributed by atoms with Crippen LogP contribution in [0.5, 0.6) is 0 Å². The Kier molecular flexibility index (Phi) is 4.43. The first-order valence-electron chi connectivity index (χ1n) is 5.45. The van der Waals surface area contributed by atoms with Crippen LogP contribution in [0, 0.1) is 12.8 Å². The van der Waals surface area contributed by atoms with Gasteiger partial charge in [0.1, 0.15) is 5.82 Å². The first-order chi connectivity index (χ1) is 7.54. The van der Waals surface area contributed by atoms with Crippen LogP contribution in [-0.4, -0.2) is 24.0 Å². The van der Waals surface area contributed by atoms with Gasteiger partial charge in [-0.25, -0.2) is 4.98 Å². The maximum absolute atomic E-state index is 11.9. The average Bonchev–Trinajstić information content (AvgIpc) is 2.22. The largest absolute Gasteiger partial charge is 0.309 e. The molecule has 1 aromatic rings. The smallest absolute Gasteiger partial charge is 0.242 e. The van der Waals surface area contributed by atoms with Gasteiger partial charge in [-0.3, -0.25) is 4.79 Å². The molecule has 0 saturated heterocycles. The van der Waals surface area contributed by atoms with E-state index in [1.807, 2.05) is 26.8 Å². The van der Waals surface area contributed by atoms with Crippen molar-refractivity contribution in [1.82, 2.24) is 10.3 Å². The Balaban J connectivity index is 2.66. The normalized spacial score (nSPS) is 12.6. The summed E-state index contributed by atoms with van der Waals surface area (Å²) in [6.07, 6.45) is 1.74. The average molecular weight is 221 g/mol. The molecular formula is C12H19N3O. The molecule has 1 amide bonds. The van der Waals surface area contributed by atoms with Crippen LogP contribution in [0.4, 0.5) is 5.82 Å². The Morgan fingerprint density at radius 1 is 1.38 bits per heavy atom. The Bertz CT molecular complexity index is 346. The predicted octanol–water partition coefficient (Wildman–Crippen LogP) is 1.57. The summed E-state index contributed by atoms with van der Waals surface area (Å²) >= 11 is 0. The Labute approximate surface area is 96.5 Å². The molecule has 88 valence electrons. The van der Waals surface area contributed by atoms with E-state index in [4.69, 9.17) is 0 Å². The molecule has 2 N–H and O–H groups in total. The van der Waals surface area contributed by atoms with Crippen LogP contribution in [-0.2, 0) is 4.79 Å². The molecule has 1 heterocycles. The molecule has 1 atom stereocenters. The Hall–Kier alpha value is -1.42. The SMILES string of the molecule is CNC(C(=O)Nc1ccc(C)cn1)C(C)C. The second kappa shape index (κ2) is 5.61. The van der Waals surface area contributed by atoms with Gasteiger partial charge in [-0.1, -0.05) is 19.9 Å². The van der Waals surface area contributed by atoms with E-state index in [0.29, 0.717) is 5.82 Å². The number of pyridine rings is 1. The zero-order valence-electron chi connectivity index (χ0n) is 10.2. The number of nitrogens with one attached hydrogen (secondary N) is 2. The van der Waals surface area contributed by atoms with Crippen molar-refractivity contribution in [3.05, 3.63) is 23.9 Å². The van der Waals surface area contributed by atoms with E-state index in [2.05, 4.69) is 15.6 Å². The molecule has 0 aliphatic heterocycles. The molecule has 4 nitrogen and oxygen atoms in total. The van der Waals surface area contributed by atoms with Crippen LogP contribution in [0.2, 0.25) is 0 Å². The highest BCUT2D eigenvalue weighted by atomic mass is 16.2. The van der Waals surface area contributed by atoms with Crippen LogP contribution >= 0.6 is 0 Å². The van der Waals surface area contributed by atoms with Gasteiger partial charge in [-0.05, 0) is 31.5 Å². The number of hydrogen-bond acceptors (Lipinski definition) is 3. The number of nitrogens with zero attached hydrogens (tertiary/aromatic N) is 1. The second-order valence-corrected chi connectivity index (χ2v) is 4.22. The van der Waals surface area contributed by atoms with Gasteiger partial charge in [0, 0.05) is 6.20 Å². The van der Waals surface area contributed by atoms with Crippen molar-refractivity contribution in [2.75, 3.05) is 12.4 Å². The molecule has 0 aliphatic rings. The van der Waals surface area contributed by atoms with Gasteiger partial charge in [0.2, 0.25) is 5.91 Å². The van der Waals surface area contributed by atoms with E-state index in [1.54, 1.807) is 19.3 Å². The summed E-state index contributed by atoms with van der Waals surface area (Å²) in [5.41, 5.74) is 1.08. The number of likely N-dealkylation sites (N-methyl/N-ethyl adjacent to an activating group) is 1. The quantitative estimate of drug-likeness (QED) is 0.811. The first kappa shape index (κ1) is 12.6. The molecule has 0 saturated carbocycles. The third-order valence-electron chi connectivity index (χ3n) is 2.42. The maximum Gasteiger partial charge on any atom is 0.242 e. The predicted molar refractivity (Wildman–Crippen MR) is 65.3 cm³/mol. The van der Waals surface area contributed by atoms with Gasteiger partial charge in [0.05, 0.1) is 6.04 Å². The summed E-state index contributed by atoms with van der Waals surface area (Å²) in [6, 6.07) is 3.54. The number of anilines is 1. The monoisotopic (exact) mass is 221 g/mol. The molecule has 4 heteroatoms. The molecule has 0 fully saturated rings. The summed E-state index contributed by atoms with van der Waals surface area (Å²) in [5, 5.41) is 5.78. The van der Waals surface area contributed by atoms with E-state index in [-0.39, 0.29) is 17.9 Å². The van der Waals surface area contributed by atoms with E-state index < -0.39 is 0 Å². The highest BCUT2D eigenvalue weighted by Gasteiger charge is 2.20. The lowest BCUT2D eigenvalue weighted by Gasteiger charge is -2.18. The van der Waals surface area contributed by atoms with Gasteiger partial charge in [-0.15, -0.1) is 0 Å². The number of rotatable bonds is 4. The number of aryl methyl sites for hydroxylation is 1. The molecule has 0 bridgehead atoms. The Morgan fingerprint density at radius 3 is 2.50 bits per heavy atom. The van der Waals surface area contributed by atoms with Crippen LogP contribution < -0.4 is 10.6 Å². The van der Waals surface area contributed by atoms with Crippen LogP contribution in [0.3, 0.4) is 0 Å². The molecule has 1 rings (SSSR count). The van der Waals surface area contributed by atoms with Gasteiger partial charge >= 0.3 is 0 Å². The fourth-order valence-corrected chi connectivity index (χ4v) is 1.51. The van der Waals surface area contributed by atoms with E-state index in [9.17, 15) is 4.79 Å². The van der Waals surface area contributed by atoms with Gasteiger partial charge in [-0.2, -0.15) is 0 Å². The number of amides is 1. The van der Waals surface area contributed by atoms with Gasteiger partial charge in [0.15, 0.2) is 0 Å². The van der Waals surface area contributed by atoms with Crippen LogP contribution in [0.1, 0.15) is 19.4 Å². The summed E-state index contributed by atoms with van der Waals surface area (Å²) < 4.78 is 0. The standard InChI is InChI=1S/C12H19N3O/c1-8(2)11(13-4)12(16)15-10-6-5-9(3)7-14-10/h5-8,11,13H,1-4H3,(H,14,15,16). The minimum Gasteiger partial charge on any atom is -0.309 e. The van der Waals surface area contributed by atoms with E-state index >= 15 is 0 Å². The van der Waals surface area contributed by atoms with Crippen LogP contribution in [0.25, 0.3) is 0 Å². The zero-order chi connectivity index (χ0) is 12.1. The lowest BCUT2D eigenvalue weighted by Crippen LogP contribution is -2.42. The molecule has 1 aromatic heterocycles. The summed E-state index contributed by atoms with van der Waals surface area (Å²) in [6.45, 7) is 5.97. The topological polar surface area (TPSA) is 54.0 Å². The third kappa shape index (κ3) is 3.31. The molecule has 16 heavy (non-hydrogen) atoms. The second-order valence-electron chi connectivity index (χ2n) is 4.22. The zero-order valence-corrected chi connectivity index (χ0v) is 10.2. The minimum atomic E-state index is -0.192. The molecule has 0 aliphatic carbocycles. The fourth-order valence-electron chi connectivity index (χ4n) is 1.51. The molecular weight excluding hydrogens is 202 g/mol. The van der Waals surface area contributed by atoms with Crippen molar-refractivity contribution >= 4 is 11.7 Å². The number of carbonyl (C=O) groups is 1. The number of carbonyl (C=O) groups excluding carboxylic acids is 1. The molecule has 1 unspecified atom stereocenters. The number of aromatic nitrogens is 1. The molecule has 0 aromatic carbocycles. The van der Waals surface area contributed by atoms with Gasteiger partial charge < -0.3 is 10.6 Å². The van der Waals surface area contributed by atoms with Crippen molar-refractivity contribution in [2.45, 2.75) is 26.8 Å². The summed E-state index contributed by atoms with van der Waals surface area (Å²) in [4.78, 5) is 16.0. The van der Waals surface area contributed by atoms with Crippen molar-refractivity contribution in [3.8, 4) is 0 Å². The molecule has 0 spiro atoms. The van der Waals surface area contributed by atoms with E-state index in [0.717, 1.165) is 5.56 Å². The van der Waals surface area contributed by atoms with Crippen molar-refractivity contribution < 1.29 is 4.79 Å². The van der Waals surface area contributed by atoms with E-state index in [1.165, 1.54) is 0 Å². The maximum atomic E-state index is 11.9. The van der Waals surface area contributed by atoms with Crippen LogP contribution in [0.15, 0.2) is 18.3 Å². The third-order valence-corrected chi connectivity index (χ3v) is 2.42. The van der Waals surface area contributed by atoms with Crippen molar-refractivity contribution in [3.63, 3.8) is 0 Å². The van der Waals surface area contributed by atoms with Crippen molar-refractivity contribution in [2.24, 2.45) is 5.92 Å². The number of hydrogen-bond donors (Lipinski definition) is 2.